The first kappa shape index (κ1) is 19.8. The Morgan fingerprint density at radius 1 is 0.759 bits per heavy atom. The summed E-state index contributed by atoms with van der Waals surface area (Å²) in [4.78, 5) is 35.6. The van der Waals surface area contributed by atoms with Gasteiger partial charge in [-0.3, -0.25) is 14.4 Å². The fourth-order valence-electron chi connectivity index (χ4n) is 2.59. The highest BCUT2D eigenvalue weighted by Gasteiger charge is 2.07. The Kier molecular flexibility index (Phi) is 6.37. The van der Waals surface area contributed by atoms with Crippen LogP contribution in [0.2, 0.25) is 0 Å². The maximum atomic E-state index is 12.1. The average molecular weight is 388 g/mol. The van der Waals surface area contributed by atoms with Gasteiger partial charge in [0, 0.05) is 22.5 Å². The Hall–Kier alpha value is -3.93. The summed E-state index contributed by atoms with van der Waals surface area (Å²) in [5, 5.41) is 5.49. The van der Waals surface area contributed by atoms with E-state index >= 15 is 0 Å². The van der Waals surface area contributed by atoms with Gasteiger partial charge in [0.2, 0.25) is 0 Å². The van der Waals surface area contributed by atoms with E-state index in [4.69, 9.17) is 4.74 Å². The van der Waals surface area contributed by atoms with E-state index in [-0.39, 0.29) is 24.2 Å². The largest absolute Gasteiger partial charge is 0.484 e. The van der Waals surface area contributed by atoms with Crippen molar-refractivity contribution in [1.82, 2.24) is 0 Å². The number of ketones is 1. The normalized spacial score (nSPS) is 10.1. The lowest BCUT2D eigenvalue weighted by atomic mass is 10.1. The van der Waals surface area contributed by atoms with Gasteiger partial charge < -0.3 is 15.4 Å². The Bertz CT molecular complexity index is 1010. The molecule has 6 heteroatoms. The number of anilines is 2. The van der Waals surface area contributed by atoms with Crippen LogP contribution in [0.25, 0.3) is 0 Å². The molecule has 0 fully saturated rings. The van der Waals surface area contributed by atoms with Crippen molar-refractivity contribution >= 4 is 29.0 Å². The summed E-state index contributed by atoms with van der Waals surface area (Å²) in [5.41, 5.74) is 2.25. The Labute approximate surface area is 168 Å². The van der Waals surface area contributed by atoms with Crippen LogP contribution in [-0.2, 0) is 4.79 Å². The quantitative estimate of drug-likeness (QED) is 0.595. The fraction of sp³-hybridized carbons (Fsp3) is 0.0870. The number of hydrogen-bond acceptors (Lipinski definition) is 4. The van der Waals surface area contributed by atoms with Crippen molar-refractivity contribution < 1.29 is 19.1 Å². The van der Waals surface area contributed by atoms with E-state index in [0.717, 1.165) is 0 Å². The molecule has 3 aromatic rings. The molecule has 0 unspecified atom stereocenters. The first-order valence-corrected chi connectivity index (χ1v) is 9.01. The molecule has 2 amide bonds. The van der Waals surface area contributed by atoms with Gasteiger partial charge >= 0.3 is 0 Å². The number of ether oxygens (including phenoxy) is 1. The van der Waals surface area contributed by atoms with E-state index in [2.05, 4.69) is 10.6 Å². The lowest BCUT2D eigenvalue weighted by Crippen LogP contribution is -2.20. The van der Waals surface area contributed by atoms with Gasteiger partial charge in [0.25, 0.3) is 11.8 Å². The molecule has 0 atom stereocenters. The van der Waals surface area contributed by atoms with Crippen LogP contribution < -0.4 is 15.4 Å². The molecule has 0 heterocycles. The maximum Gasteiger partial charge on any atom is 0.262 e. The first-order valence-electron chi connectivity index (χ1n) is 9.01. The second kappa shape index (κ2) is 9.32. The van der Waals surface area contributed by atoms with Crippen LogP contribution in [0.4, 0.5) is 11.4 Å². The van der Waals surface area contributed by atoms with Gasteiger partial charge in [-0.15, -0.1) is 0 Å². The highest BCUT2D eigenvalue weighted by molar-refractivity contribution is 6.04. The number of carbonyl (C=O) groups excluding carboxylic acids is 3. The molecule has 0 saturated carbocycles. The molecule has 0 saturated heterocycles. The third-order valence-corrected chi connectivity index (χ3v) is 4.07. The van der Waals surface area contributed by atoms with Crippen molar-refractivity contribution in [3.05, 3.63) is 90.0 Å². The van der Waals surface area contributed by atoms with Crippen molar-refractivity contribution in [3.63, 3.8) is 0 Å². The third-order valence-electron chi connectivity index (χ3n) is 4.07. The Morgan fingerprint density at radius 2 is 1.45 bits per heavy atom. The Morgan fingerprint density at radius 3 is 2.14 bits per heavy atom. The van der Waals surface area contributed by atoms with Gasteiger partial charge in [-0.2, -0.15) is 0 Å². The van der Waals surface area contributed by atoms with Gasteiger partial charge in [0.05, 0.1) is 0 Å². The zero-order chi connectivity index (χ0) is 20.6. The minimum atomic E-state index is -0.341. The minimum absolute atomic E-state index is 0.0724. The van der Waals surface area contributed by atoms with Crippen LogP contribution in [0.15, 0.2) is 78.9 Å². The van der Waals surface area contributed by atoms with E-state index in [0.29, 0.717) is 28.3 Å². The molecule has 146 valence electrons. The van der Waals surface area contributed by atoms with E-state index in [1.807, 2.05) is 6.07 Å². The average Bonchev–Trinajstić information content (AvgIpc) is 2.74. The number of nitrogens with one attached hydrogen (secondary N) is 2. The SMILES string of the molecule is CC(=O)c1cccc(NC(=O)COc2ccc(NC(=O)c3ccccc3)cc2)c1. The Balaban J connectivity index is 1.51. The van der Waals surface area contributed by atoms with Crippen LogP contribution in [0, 0.1) is 0 Å². The van der Waals surface area contributed by atoms with E-state index < -0.39 is 0 Å². The minimum Gasteiger partial charge on any atom is -0.484 e. The summed E-state index contributed by atoms with van der Waals surface area (Å²) in [6.45, 7) is 1.29. The zero-order valence-electron chi connectivity index (χ0n) is 15.8. The molecule has 29 heavy (non-hydrogen) atoms. The summed E-state index contributed by atoms with van der Waals surface area (Å²) in [6, 6.07) is 22.4. The highest BCUT2D eigenvalue weighted by Crippen LogP contribution is 2.17. The van der Waals surface area contributed by atoms with Gasteiger partial charge in [-0.25, -0.2) is 0 Å². The topological polar surface area (TPSA) is 84.5 Å². The van der Waals surface area contributed by atoms with Crippen molar-refractivity contribution in [1.29, 1.82) is 0 Å². The second-order valence-electron chi connectivity index (χ2n) is 6.32. The molecule has 2 N–H and O–H groups in total. The smallest absolute Gasteiger partial charge is 0.262 e. The van der Waals surface area contributed by atoms with Crippen molar-refractivity contribution in [2.45, 2.75) is 6.92 Å². The molecule has 6 nitrogen and oxygen atoms in total. The number of hydrogen-bond donors (Lipinski definition) is 2. The molecule has 0 bridgehead atoms. The van der Waals surface area contributed by atoms with Gasteiger partial charge in [-0.1, -0.05) is 30.3 Å². The summed E-state index contributed by atoms with van der Waals surface area (Å²) in [5.74, 6) is -0.120. The number of carbonyl (C=O) groups is 3. The van der Waals surface area contributed by atoms with Crippen molar-refractivity contribution in [2.24, 2.45) is 0 Å². The van der Waals surface area contributed by atoms with Gasteiger partial charge in [0.15, 0.2) is 12.4 Å². The third kappa shape index (κ3) is 5.77. The van der Waals surface area contributed by atoms with Gasteiger partial charge in [-0.05, 0) is 55.5 Å². The number of rotatable bonds is 7. The van der Waals surface area contributed by atoms with Gasteiger partial charge in [0.1, 0.15) is 5.75 Å². The molecule has 3 rings (SSSR count). The number of Topliss-reactive ketones (excluding diaryl/α,β-unsaturated/α-hetero) is 1. The molecule has 0 aliphatic carbocycles. The van der Waals surface area contributed by atoms with Crippen LogP contribution in [-0.4, -0.2) is 24.2 Å². The number of amides is 2. The summed E-state index contributed by atoms with van der Waals surface area (Å²) < 4.78 is 5.47. The second-order valence-corrected chi connectivity index (χ2v) is 6.32. The van der Waals surface area contributed by atoms with E-state index in [9.17, 15) is 14.4 Å². The van der Waals surface area contributed by atoms with E-state index in [1.54, 1.807) is 72.8 Å². The molecule has 3 aromatic carbocycles. The van der Waals surface area contributed by atoms with Crippen molar-refractivity contribution in [2.75, 3.05) is 17.2 Å². The highest BCUT2D eigenvalue weighted by atomic mass is 16.5. The van der Waals surface area contributed by atoms with Crippen molar-refractivity contribution in [3.8, 4) is 5.75 Å². The first-order chi connectivity index (χ1) is 14.0. The van der Waals surface area contributed by atoms with Crippen LogP contribution >= 0.6 is 0 Å². The fourth-order valence-corrected chi connectivity index (χ4v) is 2.59. The number of benzene rings is 3. The zero-order valence-corrected chi connectivity index (χ0v) is 15.8. The molecule has 0 spiro atoms. The summed E-state index contributed by atoms with van der Waals surface area (Å²) in [7, 11) is 0. The summed E-state index contributed by atoms with van der Waals surface area (Å²) >= 11 is 0. The van der Waals surface area contributed by atoms with Crippen LogP contribution in [0.5, 0.6) is 5.75 Å². The summed E-state index contributed by atoms with van der Waals surface area (Å²) in [6.07, 6.45) is 0. The predicted molar refractivity (Wildman–Crippen MR) is 111 cm³/mol. The predicted octanol–water partition coefficient (Wildman–Crippen LogP) is 4.16. The molecule has 0 aromatic heterocycles. The molecule has 0 aliphatic rings. The molecular formula is C23H20N2O4. The van der Waals surface area contributed by atoms with Crippen LogP contribution in [0.3, 0.4) is 0 Å². The monoisotopic (exact) mass is 388 g/mol. The molecular weight excluding hydrogens is 368 g/mol. The van der Waals surface area contributed by atoms with Crippen LogP contribution in [0.1, 0.15) is 27.6 Å². The lowest BCUT2D eigenvalue weighted by molar-refractivity contribution is -0.118. The van der Waals surface area contributed by atoms with E-state index in [1.165, 1.54) is 6.92 Å². The maximum absolute atomic E-state index is 12.1. The lowest BCUT2D eigenvalue weighted by Gasteiger charge is -2.09. The standard InChI is InChI=1S/C23H20N2O4/c1-16(26)18-8-5-9-20(14-18)24-22(27)15-29-21-12-10-19(11-13-21)25-23(28)17-6-3-2-4-7-17/h2-14H,15H2,1H3,(H,24,27)(H,25,28). The molecule has 0 aliphatic heterocycles. The molecule has 0 radical (unpaired) electrons.